The Bertz CT molecular complexity index is 716. The predicted molar refractivity (Wildman–Crippen MR) is 89.3 cm³/mol. The van der Waals surface area contributed by atoms with Crippen molar-refractivity contribution < 1.29 is 14.4 Å². The van der Waals surface area contributed by atoms with Gasteiger partial charge in [0.05, 0.1) is 12.5 Å². The molecule has 24 heavy (non-hydrogen) atoms. The Morgan fingerprint density at radius 1 is 1.29 bits per heavy atom. The van der Waals surface area contributed by atoms with E-state index < -0.39 is 5.97 Å². The molecule has 2 heterocycles. The van der Waals surface area contributed by atoms with E-state index in [0.29, 0.717) is 31.1 Å². The molecule has 6 heteroatoms. The van der Waals surface area contributed by atoms with Crippen LogP contribution < -0.4 is 0 Å². The Morgan fingerprint density at radius 2 is 1.96 bits per heavy atom. The maximum absolute atomic E-state index is 11.2. The van der Waals surface area contributed by atoms with Gasteiger partial charge < -0.3 is 9.63 Å². The molecule has 1 aliphatic heterocycles. The molecule has 1 aliphatic rings. The Balaban J connectivity index is 1.73. The van der Waals surface area contributed by atoms with E-state index in [2.05, 4.69) is 28.9 Å². The van der Waals surface area contributed by atoms with Crippen molar-refractivity contribution in [2.24, 2.45) is 5.92 Å². The molecule has 0 radical (unpaired) electrons. The number of likely N-dealkylation sites (tertiary alicyclic amines) is 1. The zero-order valence-electron chi connectivity index (χ0n) is 14.3. The molecule has 1 aromatic heterocycles. The summed E-state index contributed by atoms with van der Waals surface area (Å²) in [6, 6.07) is 8.28. The number of carboxylic acids is 1. The fourth-order valence-electron chi connectivity index (χ4n) is 3.55. The molecule has 0 saturated carbocycles. The number of hydrogen-bond donors (Lipinski definition) is 1. The standard InChI is InChI=1S/C18H23N3O3/c1-11-6-4-5-7-15(11)17-19-16(24-20-17)10-21-12(2)8-14(18(22)23)9-13(21)3/h4-7,12-14H,8-10H2,1-3H3,(H,22,23). The van der Waals surface area contributed by atoms with Crippen LogP contribution in [0.3, 0.4) is 0 Å². The van der Waals surface area contributed by atoms with Gasteiger partial charge in [-0.2, -0.15) is 4.98 Å². The van der Waals surface area contributed by atoms with Gasteiger partial charge in [-0.1, -0.05) is 29.4 Å². The molecule has 0 spiro atoms. The van der Waals surface area contributed by atoms with E-state index in [9.17, 15) is 9.90 Å². The summed E-state index contributed by atoms with van der Waals surface area (Å²) < 4.78 is 5.43. The molecule has 3 rings (SSSR count). The Morgan fingerprint density at radius 3 is 2.58 bits per heavy atom. The van der Waals surface area contributed by atoms with Crippen LogP contribution in [0.2, 0.25) is 0 Å². The molecular formula is C18H23N3O3. The monoisotopic (exact) mass is 329 g/mol. The van der Waals surface area contributed by atoms with Crippen LogP contribution in [-0.2, 0) is 11.3 Å². The number of aryl methyl sites for hydroxylation is 1. The third kappa shape index (κ3) is 3.33. The molecule has 0 aliphatic carbocycles. The minimum absolute atomic E-state index is 0.170. The lowest BCUT2D eigenvalue weighted by Gasteiger charge is -2.40. The molecule has 2 atom stereocenters. The summed E-state index contributed by atoms with van der Waals surface area (Å²) in [5, 5.41) is 13.3. The van der Waals surface area contributed by atoms with Crippen molar-refractivity contribution in [3.63, 3.8) is 0 Å². The van der Waals surface area contributed by atoms with E-state index in [1.165, 1.54) is 0 Å². The van der Waals surface area contributed by atoms with Crippen molar-refractivity contribution in [3.05, 3.63) is 35.7 Å². The topological polar surface area (TPSA) is 79.5 Å². The van der Waals surface area contributed by atoms with Crippen LogP contribution >= 0.6 is 0 Å². The van der Waals surface area contributed by atoms with E-state index in [1.807, 2.05) is 31.2 Å². The maximum Gasteiger partial charge on any atom is 0.306 e. The first-order valence-electron chi connectivity index (χ1n) is 8.33. The molecular weight excluding hydrogens is 306 g/mol. The summed E-state index contributed by atoms with van der Waals surface area (Å²) in [7, 11) is 0. The van der Waals surface area contributed by atoms with Crippen molar-refractivity contribution in [1.82, 2.24) is 15.0 Å². The first kappa shape index (κ1) is 16.6. The molecule has 128 valence electrons. The number of aliphatic carboxylic acids is 1. The number of benzene rings is 1. The predicted octanol–water partition coefficient (Wildman–Crippen LogP) is 3.12. The summed E-state index contributed by atoms with van der Waals surface area (Å²) in [5.41, 5.74) is 2.08. The summed E-state index contributed by atoms with van der Waals surface area (Å²) in [6.45, 7) is 6.69. The van der Waals surface area contributed by atoms with Crippen LogP contribution in [0.25, 0.3) is 11.4 Å². The van der Waals surface area contributed by atoms with Crippen LogP contribution in [0.5, 0.6) is 0 Å². The molecule has 1 N–H and O–H groups in total. The van der Waals surface area contributed by atoms with Crippen molar-refractivity contribution in [2.75, 3.05) is 0 Å². The largest absolute Gasteiger partial charge is 0.481 e. The molecule has 0 amide bonds. The summed E-state index contributed by atoms with van der Waals surface area (Å²) in [6.07, 6.45) is 1.30. The first-order chi connectivity index (χ1) is 11.5. The highest BCUT2D eigenvalue weighted by atomic mass is 16.5. The minimum atomic E-state index is -0.701. The van der Waals surface area contributed by atoms with Gasteiger partial charge in [0.15, 0.2) is 0 Å². The van der Waals surface area contributed by atoms with Gasteiger partial charge in [-0.15, -0.1) is 0 Å². The average Bonchev–Trinajstić information content (AvgIpc) is 2.99. The van der Waals surface area contributed by atoms with E-state index in [-0.39, 0.29) is 18.0 Å². The van der Waals surface area contributed by atoms with E-state index in [1.54, 1.807) is 0 Å². The Kier molecular flexibility index (Phi) is 4.66. The number of carbonyl (C=O) groups is 1. The number of piperidine rings is 1. The van der Waals surface area contributed by atoms with Crippen LogP contribution in [0.15, 0.2) is 28.8 Å². The van der Waals surface area contributed by atoms with E-state index in [0.717, 1.165) is 11.1 Å². The SMILES string of the molecule is Cc1ccccc1-c1noc(CN2C(C)CC(C(=O)O)CC2C)n1. The smallest absolute Gasteiger partial charge is 0.306 e. The summed E-state index contributed by atoms with van der Waals surface area (Å²) in [4.78, 5) is 18.0. The zero-order valence-corrected chi connectivity index (χ0v) is 14.3. The number of nitrogens with zero attached hydrogens (tertiary/aromatic N) is 3. The molecule has 1 aromatic carbocycles. The highest BCUT2D eigenvalue weighted by Crippen LogP contribution is 2.29. The number of aromatic nitrogens is 2. The second kappa shape index (κ2) is 6.73. The van der Waals surface area contributed by atoms with Gasteiger partial charge in [-0.25, -0.2) is 0 Å². The minimum Gasteiger partial charge on any atom is -0.481 e. The Labute approximate surface area is 141 Å². The van der Waals surface area contributed by atoms with E-state index >= 15 is 0 Å². The third-order valence-electron chi connectivity index (χ3n) is 4.90. The summed E-state index contributed by atoms with van der Waals surface area (Å²) >= 11 is 0. The molecule has 1 saturated heterocycles. The zero-order chi connectivity index (χ0) is 17.3. The molecule has 2 aromatic rings. The van der Waals surface area contributed by atoms with Crippen LogP contribution in [0.4, 0.5) is 0 Å². The molecule has 6 nitrogen and oxygen atoms in total. The highest BCUT2D eigenvalue weighted by molar-refractivity contribution is 5.70. The van der Waals surface area contributed by atoms with Gasteiger partial charge in [0.25, 0.3) is 0 Å². The number of hydrogen-bond acceptors (Lipinski definition) is 5. The van der Waals surface area contributed by atoms with Gasteiger partial charge in [0.2, 0.25) is 11.7 Å². The second-order valence-corrected chi connectivity index (χ2v) is 6.70. The van der Waals surface area contributed by atoms with Crippen molar-refractivity contribution in [3.8, 4) is 11.4 Å². The lowest BCUT2D eigenvalue weighted by Crippen LogP contribution is -2.47. The molecule has 1 fully saturated rings. The normalized spacial score (nSPS) is 24.9. The lowest BCUT2D eigenvalue weighted by molar-refractivity contribution is -0.145. The molecule has 0 bridgehead atoms. The van der Waals surface area contributed by atoms with Gasteiger partial charge in [-0.3, -0.25) is 9.69 Å². The van der Waals surface area contributed by atoms with Gasteiger partial charge in [0.1, 0.15) is 0 Å². The van der Waals surface area contributed by atoms with Gasteiger partial charge in [-0.05, 0) is 39.2 Å². The quantitative estimate of drug-likeness (QED) is 0.928. The maximum atomic E-state index is 11.2. The molecule has 2 unspecified atom stereocenters. The van der Waals surface area contributed by atoms with Crippen molar-refractivity contribution in [1.29, 1.82) is 0 Å². The van der Waals surface area contributed by atoms with Crippen LogP contribution in [0.1, 0.15) is 38.1 Å². The first-order valence-corrected chi connectivity index (χ1v) is 8.33. The summed E-state index contributed by atoms with van der Waals surface area (Å²) in [5.74, 6) is 0.203. The highest BCUT2D eigenvalue weighted by Gasteiger charge is 2.35. The number of carboxylic acid groups (broad SMARTS) is 1. The van der Waals surface area contributed by atoms with Crippen molar-refractivity contribution >= 4 is 5.97 Å². The fraction of sp³-hybridized carbons (Fsp3) is 0.500. The third-order valence-corrected chi connectivity index (χ3v) is 4.90. The average molecular weight is 329 g/mol. The van der Waals surface area contributed by atoms with E-state index in [4.69, 9.17) is 4.52 Å². The van der Waals surface area contributed by atoms with Crippen LogP contribution in [-0.4, -0.2) is 38.2 Å². The Hall–Kier alpha value is -2.21. The fourth-order valence-corrected chi connectivity index (χ4v) is 3.55. The van der Waals surface area contributed by atoms with Gasteiger partial charge >= 0.3 is 5.97 Å². The van der Waals surface area contributed by atoms with Crippen molar-refractivity contribution in [2.45, 2.75) is 52.2 Å². The number of rotatable bonds is 4. The second-order valence-electron chi connectivity index (χ2n) is 6.70. The lowest BCUT2D eigenvalue weighted by atomic mass is 9.87. The van der Waals surface area contributed by atoms with Gasteiger partial charge in [0, 0.05) is 17.6 Å². The van der Waals surface area contributed by atoms with Crippen LogP contribution in [0, 0.1) is 12.8 Å².